The molecule has 3 heteroatoms. The van der Waals surface area contributed by atoms with Crippen molar-refractivity contribution in [3.63, 3.8) is 0 Å². The summed E-state index contributed by atoms with van der Waals surface area (Å²) in [6.07, 6.45) is 9.00. The molecule has 2 aliphatic rings. The van der Waals surface area contributed by atoms with Crippen molar-refractivity contribution in [3.8, 4) is 0 Å². The SMILES string of the molecule is OC1CCn2cc(C3CCCC3)nc2C1. The van der Waals surface area contributed by atoms with Gasteiger partial charge in [-0.15, -0.1) is 0 Å². The van der Waals surface area contributed by atoms with Gasteiger partial charge in [0.1, 0.15) is 5.82 Å². The number of fused-ring (bicyclic) bond motifs is 1. The van der Waals surface area contributed by atoms with Crippen LogP contribution in [0.3, 0.4) is 0 Å². The largest absolute Gasteiger partial charge is 0.393 e. The van der Waals surface area contributed by atoms with Crippen LogP contribution in [0.5, 0.6) is 0 Å². The van der Waals surface area contributed by atoms with Crippen molar-refractivity contribution in [3.05, 3.63) is 17.7 Å². The van der Waals surface area contributed by atoms with Gasteiger partial charge in [-0.3, -0.25) is 0 Å². The molecule has 1 fully saturated rings. The molecule has 3 nitrogen and oxygen atoms in total. The fraction of sp³-hybridized carbons (Fsp3) is 0.750. The highest BCUT2D eigenvalue weighted by atomic mass is 16.3. The Bertz CT molecular complexity index is 353. The first kappa shape index (κ1) is 9.40. The Morgan fingerprint density at radius 3 is 2.87 bits per heavy atom. The molecular formula is C12H18N2O. The molecule has 0 amide bonds. The molecule has 0 bridgehead atoms. The number of aliphatic hydroxyl groups is 1. The summed E-state index contributed by atoms with van der Waals surface area (Å²) in [5, 5.41) is 9.58. The van der Waals surface area contributed by atoms with Crippen LogP contribution in [0.2, 0.25) is 0 Å². The molecule has 82 valence electrons. The first-order valence-corrected chi connectivity index (χ1v) is 6.07. The van der Waals surface area contributed by atoms with Crippen molar-refractivity contribution in [1.29, 1.82) is 0 Å². The van der Waals surface area contributed by atoms with Crippen molar-refractivity contribution in [2.45, 2.75) is 57.1 Å². The number of aromatic nitrogens is 2. The number of aliphatic hydroxyl groups excluding tert-OH is 1. The summed E-state index contributed by atoms with van der Waals surface area (Å²) in [7, 11) is 0. The van der Waals surface area contributed by atoms with Gasteiger partial charge in [0.05, 0.1) is 11.8 Å². The summed E-state index contributed by atoms with van der Waals surface area (Å²) in [4.78, 5) is 4.69. The van der Waals surface area contributed by atoms with E-state index >= 15 is 0 Å². The van der Waals surface area contributed by atoms with Crippen LogP contribution in [0.15, 0.2) is 6.20 Å². The Morgan fingerprint density at radius 1 is 1.27 bits per heavy atom. The Kier molecular flexibility index (Phi) is 2.28. The summed E-state index contributed by atoms with van der Waals surface area (Å²) >= 11 is 0. The minimum Gasteiger partial charge on any atom is -0.393 e. The van der Waals surface area contributed by atoms with Gasteiger partial charge in [0.2, 0.25) is 0 Å². The van der Waals surface area contributed by atoms with Gasteiger partial charge in [0, 0.05) is 25.1 Å². The topological polar surface area (TPSA) is 38.0 Å². The molecule has 1 unspecified atom stereocenters. The lowest BCUT2D eigenvalue weighted by molar-refractivity contribution is 0.141. The molecular weight excluding hydrogens is 188 g/mol. The van der Waals surface area contributed by atoms with E-state index in [-0.39, 0.29) is 6.10 Å². The standard InChI is InChI=1S/C12H18N2O/c15-10-5-6-14-8-11(13-12(14)7-10)9-3-1-2-4-9/h8-10,15H,1-7H2. The second-order valence-electron chi connectivity index (χ2n) is 4.90. The molecule has 15 heavy (non-hydrogen) atoms. The van der Waals surface area contributed by atoms with E-state index in [1.807, 2.05) is 0 Å². The summed E-state index contributed by atoms with van der Waals surface area (Å²) in [6.45, 7) is 0.941. The summed E-state index contributed by atoms with van der Waals surface area (Å²) < 4.78 is 2.24. The number of nitrogens with zero attached hydrogens (tertiary/aromatic N) is 2. The Labute approximate surface area is 90.1 Å². The highest BCUT2D eigenvalue weighted by Crippen LogP contribution is 2.34. The van der Waals surface area contributed by atoms with Crippen molar-refractivity contribution in [2.24, 2.45) is 0 Å². The van der Waals surface area contributed by atoms with Crippen molar-refractivity contribution < 1.29 is 5.11 Å². The molecule has 1 atom stereocenters. The van der Waals surface area contributed by atoms with E-state index in [1.54, 1.807) is 0 Å². The van der Waals surface area contributed by atoms with E-state index in [1.165, 1.54) is 31.4 Å². The second-order valence-corrected chi connectivity index (χ2v) is 4.90. The van der Waals surface area contributed by atoms with Gasteiger partial charge in [-0.2, -0.15) is 0 Å². The molecule has 1 N–H and O–H groups in total. The maximum Gasteiger partial charge on any atom is 0.111 e. The maximum atomic E-state index is 9.58. The van der Waals surface area contributed by atoms with Gasteiger partial charge in [-0.05, 0) is 19.3 Å². The van der Waals surface area contributed by atoms with Gasteiger partial charge in [-0.25, -0.2) is 4.98 Å². The zero-order valence-corrected chi connectivity index (χ0v) is 9.02. The Hall–Kier alpha value is -0.830. The third-order valence-corrected chi connectivity index (χ3v) is 3.77. The second kappa shape index (κ2) is 3.63. The molecule has 3 rings (SSSR count). The summed E-state index contributed by atoms with van der Waals surface area (Å²) in [5.41, 5.74) is 1.27. The molecule has 1 aromatic heterocycles. The van der Waals surface area contributed by atoms with Crippen LogP contribution in [0, 0.1) is 0 Å². The average Bonchev–Trinajstić information content (AvgIpc) is 2.84. The molecule has 1 aliphatic carbocycles. The van der Waals surface area contributed by atoms with E-state index < -0.39 is 0 Å². The smallest absolute Gasteiger partial charge is 0.111 e. The van der Waals surface area contributed by atoms with Crippen LogP contribution < -0.4 is 0 Å². The molecule has 0 saturated heterocycles. The quantitative estimate of drug-likeness (QED) is 0.761. The fourth-order valence-corrected chi connectivity index (χ4v) is 2.85. The van der Waals surface area contributed by atoms with Crippen LogP contribution in [0.4, 0.5) is 0 Å². The van der Waals surface area contributed by atoms with E-state index in [0.717, 1.165) is 25.2 Å². The van der Waals surface area contributed by atoms with Crippen LogP contribution in [0.25, 0.3) is 0 Å². The Morgan fingerprint density at radius 2 is 2.07 bits per heavy atom. The highest BCUT2D eigenvalue weighted by Gasteiger charge is 2.24. The first-order valence-electron chi connectivity index (χ1n) is 6.07. The Balaban J connectivity index is 1.85. The summed E-state index contributed by atoms with van der Waals surface area (Å²) in [6, 6.07) is 0. The van der Waals surface area contributed by atoms with Crippen molar-refractivity contribution in [2.75, 3.05) is 0 Å². The van der Waals surface area contributed by atoms with Crippen molar-refractivity contribution in [1.82, 2.24) is 9.55 Å². The monoisotopic (exact) mass is 206 g/mol. The first-order chi connectivity index (χ1) is 7.33. The van der Waals surface area contributed by atoms with Gasteiger partial charge < -0.3 is 9.67 Å². The lowest BCUT2D eigenvalue weighted by Gasteiger charge is -2.18. The van der Waals surface area contributed by atoms with Crippen LogP contribution in [-0.2, 0) is 13.0 Å². The highest BCUT2D eigenvalue weighted by molar-refractivity contribution is 5.13. The zero-order valence-electron chi connectivity index (χ0n) is 9.02. The minimum absolute atomic E-state index is 0.170. The van der Waals surface area contributed by atoms with Gasteiger partial charge in [-0.1, -0.05) is 12.8 Å². The van der Waals surface area contributed by atoms with Crippen LogP contribution >= 0.6 is 0 Å². The predicted molar refractivity (Wildman–Crippen MR) is 57.8 cm³/mol. The predicted octanol–water partition coefficient (Wildman–Crippen LogP) is 1.85. The molecule has 1 aromatic rings. The molecule has 0 aromatic carbocycles. The van der Waals surface area contributed by atoms with E-state index in [4.69, 9.17) is 0 Å². The number of hydrogen-bond acceptors (Lipinski definition) is 2. The number of rotatable bonds is 1. The number of hydrogen-bond donors (Lipinski definition) is 1. The van der Waals surface area contributed by atoms with E-state index in [9.17, 15) is 5.11 Å². The zero-order chi connectivity index (χ0) is 10.3. The normalized spacial score (nSPS) is 26.9. The molecule has 1 aliphatic heterocycles. The lowest BCUT2D eigenvalue weighted by atomic mass is 10.1. The third kappa shape index (κ3) is 1.69. The van der Waals surface area contributed by atoms with E-state index in [0.29, 0.717) is 5.92 Å². The van der Waals surface area contributed by atoms with E-state index in [2.05, 4.69) is 15.7 Å². The van der Waals surface area contributed by atoms with Gasteiger partial charge in [0.25, 0.3) is 0 Å². The molecule has 0 spiro atoms. The number of aryl methyl sites for hydroxylation is 1. The molecule has 2 heterocycles. The maximum absolute atomic E-state index is 9.58. The van der Waals surface area contributed by atoms with Gasteiger partial charge in [0.15, 0.2) is 0 Å². The number of imidazole rings is 1. The fourth-order valence-electron chi connectivity index (χ4n) is 2.85. The van der Waals surface area contributed by atoms with Crippen LogP contribution in [-0.4, -0.2) is 20.8 Å². The van der Waals surface area contributed by atoms with Gasteiger partial charge >= 0.3 is 0 Å². The lowest BCUT2D eigenvalue weighted by Crippen LogP contribution is -2.22. The average molecular weight is 206 g/mol. The van der Waals surface area contributed by atoms with Crippen LogP contribution in [0.1, 0.15) is 49.5 Å². The third-order valence-electron chi connectivity index (χ3n) is 3.77. The summed E-state index contributed by atoms with van der Waals surface area (Å²) in [5.74, 6) is 1.79. The minimum atomic E-state index is -0.170. The van der Waals surface area contributed by atoms with Crippen molar-refractivity contribution >= 4 is 0 Å². The molecule has 0 radical (unpaired) electrons. The molecule has 1 saturated carbocycles.